The number of nitrogens with one attached hydrogen (secondary N) is 2. The van der Waals surface area contributed by atoms with Crippen LogP contribution in [0.5, 0.6) is 0 Å². The first-order valence-corrected chi connectivity index (χ1v) is 7.42. The van der Waals surface area contributed by atoms with Crippen LogP contribution < -0.4 is 10.6 Å². The lowest BCUT2D eigenvalue weighted by molar-refractivity contribution is 0.0526. The van der Waals surface area contributed by atoms with Gasteiger partial charge in [0.1, 0.15) is 0 Å². The number of aliphatic hydroxyl groups is 1. The molecule has 2 unspecified atom stereocenters. The number of aliphatic hydroxyl groups excluding tert-OH is 1. The zero-order valence-corrected chi connectivity index (χ0v) is 13.3. The molecule has 0 aliphatic rings. The smallest absolute Gasteiger partial charge is 0.338 e. The Morgan fingerprint density at radius 3 is 2.41 bits per heavy atom. The quantitative estimate of drug-likeness (QED) is 0.675. The van der Waals surface area contributed by atoms with Gasteiger partial charge in [0.2, 0.25) is 0 Å². The SMILES string of the molecule is CCOC(=O)c1ccc(NC(=O)NCC(C)CC(C)O)cc1. The van der Waals surface area contributed by atoms with Crippen molar-refractivity contribution >= 4 is 17.7 Å². The second-order valence-electron chi connectivity index (χ2n) is 5.32. The zero-order chi connectivity index (χ0) is 16.5. The number of anilines is 1. The molecule has 0 bridgehead atoms. The average Bonchev–Trinajstić information content (AvgIpc) is 2.45. The molecule has 2 atom stereocenters. The van der Waals surface area contributed by atoms with Crippen LogP contribution in [0.1, 0.15) is 37.6 Å². The molecule has 6 nitrogen and oxygen atoms in total. The summed E-state index contributed by atoms with van der Waals surface area (Å²) in [7, 11) is 0. The van der Waals surface area contributed by atoms with Gasteiger partial charge in [0.15, 0.2) is 0 Å². The van der Waals surface area contributed by atoms with Crippen molar-refractivity contribution in [1.29, 1.82) is 0 Å². The van der Waals surface area contributed by atoms with Crippen molar-refractivity contribution in [3.05, 3.63) is 29.8 Å². The monoisotopic (exact) mass is 308 g/mol. The second kappa shape index (κ2) is 9.04. The predicted molar refractivity (Wildman–Crippen MR) is 84.9 cm³/mol. The fraction of sp³-hybridized carbons (Fsp3) is 0.500. The summed E-state index contributed by atoms with van der Waals surface area (Å²) in [5, 5.41) is 14.7. The number of esters is 1. The Bertz CT molecular complexity index is 485. The molecule has 0 aliphatic carbocycles. The molecule has 3 N–H and O–H groups in total. The van der Waals surface area contributed by atoms with Crippen LogP contribution in [0.2, 0.25) is 0 Å². The number of hydrogen-bond acceptors (Lipinski definition) is 4. The number of rotatable bonds is 7. The van der Waals surface area contributed by atoms with Gasteiger partial charge < -0.3 is 20.5 Å². The minimum atomic E-state index is -0.384. The molecule has 0 radical (unpaired) electrons. The van der Waals surface area contributed by atoms with Gasteiger partial charge in [0, 0.05) is 12.2 Å². The lowest BCUT2D eigenvalue weighted by Gasteiger charge is -2.14. The van der Waals surface area contributed by atoms with E-state index >= 15 is 0 Å². The number of carbonyl (C=O) groups is 2. The Kier molecular flexibility index (Phi) is 7.39. The van der Waals surface area contributed by atoms with Crippen LogP contribution >= 0.6 is 0 Å². The molecule has 0 heterocycles. The topological polar surface area (TPSA) is 87.7 Å². The van der Waals surface area contributed by atoms with Gasteiger partial charge in [-0.25, -0.2) is 9.59 Å². The van der Waals surface area contributed by atoms with E-state index in [1.165, 1.54) is 0 Å². The molecule has 0 fully saturated rings. The number of amides is 2. The Morgan fingerprint density at radius 2 is 1.86 bits per heavy atom. The lowest BCUT2D eigenvalue weighted by Crippen LogP contribution is -2.33. The van der Waals surface area contributed by atoms with Crippen LogP contribution in [-0.2, 0) is 4.74 Å². The van der Waals surface area contributed by atoms with Crippen LogP contribution in [0.3, 0.4) is 0 Å². The zero-order valence-electron chi connectivity index (χ0n) is 13.3. The molecule has 22 heavy (non-hydrogen) atoms. The Labute approximate surface area is 130 Å². The molecular weight excluding hydrogens is 284 g/mol. The Hall–Kier alpha value is -2.08. The fourth-order valence-electron chi connectivity index (χ4n) is 2.01. The van der Waals surface area contributed by atoms with E-state index in [2.05, 4.69) is 10.6 Å². The van der Waals surface area contributed by atoms with E-state index in [4.69, 9.17) is 4.74 Å². The summed E-state index contributed by atoms with van der Waals surface area (Å²) in [4.78, 5) is 23.2. The summed E-state index contributed by atoms with van der Waals surface area (Å²) in [5.74, 6) is -0.192. The molecule has 2 amide bonds. The molecule has 0 aromatic heterocycles. The van der Waals surface area contributed by atoms with Crippen LogP contribution in [-0.4, -0.2) is 36.4 Å². The molecule has 0 spiro atoms. The summed E-state index contributed by atoms with van der Waals surface area (Å²) in [5.41, 5.74) is 1.03. The van der Waals surface area contributed by atoms with Crippen LogP contribution in [0.25, 0.3) is 0 Å². The summed E-state index contributed by atoms with van der Waals surface area (Å²) >= 11 is 0. The fourth-order valence-corrected chi connectivity index (χ4v) is 2.01. The summed E-state index contributed by atoms with van der Waals surface area (Å²) in [6, 6.07) is 6.17. The van der Waals surface area contributed by atoms with Crippen molar-refractivity contribution in [2.75, 3.05) is 18.5 Å². The molecule has 1 aromatic carbocycles. The van der Waals surface area contributed by atoms with Crippen molar-refractivity contribution in [2.45, 2.75) is 33.3 Å². The van der Waals surface area contributed by atoms with E-state index in [1.54, 1.807) is 38.1 Å². The van der Waals surface area contributed by atoms with Crippen LogP contribution in [0.15, 0.2) is 24.3 Å². The van der Waals surface area contributed by atoms with Gasteiger partial charge in [-0.3, -0.25) is 0 Å². The number of hydrogen-bond donors (Lipinski definition) is 3. The molecule has 6 heteroatoms. The normalized spacial score (nSPS) is 13.1. The predicted octanol–water partition coefficient (Wildman–Crippen LogP) is 2.39. The third-order valence-corrected chi connectivity index (χ3v) is 3.01. The number of ether oxygens (including phenoxy) is 1. The summed E-state index contributed by atoms with van der Waals surface area (Å²) < 4.78 is 4.89. The molecule has 0 aliphatic heterocycles. The van der Waals surface area contributed by atoms with E-state index in [0.717, 1.165) is 0 Å². The van der Waals surface area contributed by atoms with Gasteiger partial charge >= 0.3 is 12.0 Å². The average molecular weight is 308 g/mol. The van der Waals surface area contributed by atoms with Crippen LogP contribution in [0.4, 0.5) is 10.5 Å². The minimum Gasteiger partial charge on any atom is -0.462 e. The highest BCUT2D eigenvalue weighted by Crippen LogP contribution is 2.10. The van der Waals surface area contributed by atoms with E-state index < -0.39 is 0 Å². The molecule has 0 saturated carbocycles. The Balaban J connectivity index is 2.43. The van der Waals surface area contributed by atoms with Gasteiger partial charge in [-0.15, -0.1) is 0 Å². The first kappa shape index (κ1) is 18.0. The largest absolute Gasteiger partial charge is 0.462 e. The Morgan fingerprint density at radius 1 is 1.23 bits per heavy atom. The van der Waals surface area contributed by atoms with Gasteiger partial charge in [0.05, 0.1) is 18.3 Å². The maximum absolute atomic E-state index is 11.7. The van der Waals surface area contributed by atoms with E-state index in [-0.39, 0.29) is 24.0 Å². The highest BCUT2D eigenvalue weighted by molar-refractivity contribution is 5.92. The minimum absolute atomic E-state index is 0.192. The molecule has 1 aromatic rings. The highest BCUT2D eigenvalue weighted by Gasteiger charge is 2.09. The number of benzene rings is 1. The first-order valence-electron chi connectivity index (χ1n) is 7.42. The molecule has 1 rings (SSSR count). The van der Waals surface area contributed by atoms with Crippen molar-refractivity contribution in [3.63, 3.8) is 0 Å². The van der Waals surface area contributed by atoms with Gasteiger partial charge in [-0.2, -0.15) is 0 Å². The summed E-state index contributed by atoms with van der Waals surface area (Å²) in [6.07, 6.45) is 0.254. The van der Waals surface area contributed by atoms with Gasteiger partial charge in [-0.1, -0.05) is 6.92 Å². The highest BCUT2D eigenvalue weighted by atomic mass is 16.5. The first-order chi connectivity index (χ1) is 10.4. The molecule has 122 valence electrons. The lowest BCUT2D eigenvalue weighted by atomic mass is 10.1. The molecule has 0 saturated heterocycles. The standard InChI is InChI=1S/C16H24N2O4/c1-4-22-15(20)13-5-7-14(8-6-13)18-16(21)17-10-11(2)9-12(3)19/h5-8,11-12,19H,4,9-10H2,1-3H3,(H2,17,18,21). The van der Waals surface area contributed by atoms with Gasteiger partial charge in [-0.05, 0) is 50.5 Å². The van der Waals surface area contributed by atoms with Crippen molar-refractivity contribution < 1.29 is 19.4 Å². The van der Waals surface area contributed by atoms with E-state index in [0.29, 0.717) is 30.8 Å². The third kappa shape index (κ3) is 6.58. The van der Waals surface area contributed by atoms with Crippen molar-refractivity contribution in [2.24, 2.45) is 5.92 Å². The number of carbonyl (C=O) groups excluding carboxylic acids is 2. The third-order valence-electron chi connectivity index (χ3n) is 3.01. The van der Waals surface area contributed by atoms with Crippen molar-refractivity contribution in [1.82, 2.24) is 5.32 Å². The molecular formula is C16H24N2O4. The van der Waals surface area contributed by atoms with E-state index in [9.17, 15) is 14.7 Å². The summed E-state index contributed by atoms with van der Waals surface area (Å²) in [6.45, 7) is 6.24. The van der Waals surface area contributed by atoms with E-state index in [1.807, 2.05) is 6.92 Å². The number of urea groups is 1. The second-order valence-corrected chi connectivity index (χ2v) is 5.32. The van der Waals surface area contributed by atoms with Crippen molar-refractivity contribution in [3.8, 4) is 0 Å². The maximum atomic E-state index is 11.7. The van der Waals surface area contributed by atoms with Crippen LogP contribution in [0, 0.1) is 5.92 Å². The van der Waals surface area contributed by atoms with Gasteiger partial charge in [0.25, 0.3) is 0 Å². The maximum Gasteiger partial charge on any atom is 0.338 e.